The third-order valence-corrected chi connectivity index (χ3v) is 8.45. The summed E-state index contributed by atoms with van der Waals surface area (Å²) in [5, 5.41) is 12.2. The normalized spacial score (nSPS) is 19.4. The highest BCUT2D eigenvalue weighted by atomic mass is 32.2. The van der Waals surface area contributed by atoms with Crippen LogP contribution in [0.1, 0.15) is 51.0 Å². The molecular weight excluding hydrogens is 408 g/mol. The summed E-state index contributed by atoms with van der Waals surface area (Å²) in [7, 11) is 0. The molecule has 4 rings (SSSR count). The van der Waals surface area contributed by atoms with Crippen molar-refractivity contribution in [3.63, 3.8) is 0 Å². The first kappa shape index (κ1) is 20.2. The van der Waals surface area contributed by atoms with Gasteiger partial charge in [-0.05, 0) is 32.3 Å². The lowest BCUT2D eigenvalue weighted by molar-refractivity contribution is -0.0542. The molecule has 0 radical (unpaired) electrons. The molecule has 1 aliphatic rings. The lowest BCUT2D eigenvalue weighted by Crippen LogP contribution is -2.33. The van der Waals surface area contributed by atoms with E-state index in [1.165, 1.54) is 15.8 Å². The van der Waals surface area contributed by atoms with Crippen molar-refractivity contribution in [3.8, 4) is 0 Å². The van der Waals surface area contributed by atoms with Gasteiger partial charge < -0.3 is 4.74 Å². The summed E-state index contributed by atoms with van der Waals surface area (Å²) in [6, 6.07) is 0. The van der Waals surface area contributed by atoms with Crippen molar-refractivity contribution in [3.05, 3.63) is 22.6 Å². The second-order valence-corrected chi connectivity index (χ2v) is 10.7. The van der Waals surface area contributed by atoms with Crippen LogP contribution in [0.3, 0.4) is 0 Å². The molecule has 0 aliphatic carbocycles. The van der Waals surface area contributed by atoms with Crippen LogP contribution in [0.4, 0.5) is 0 Å². The highest BCUT2D eigenvalue weighted by Gasteiger charge is 2.33. The Labute approximate surface area is 178 Å². The van der Waals surface area contributed by atoms with Crippen LogP contribution in [0, 0.1) is 0 Å². The molecule has 4 heterocycles. The summed E-state index contributed by atoms with van der Waals surface area (Å²) in [4.78, 5) is 7.40. The van der Waals surface area contributed by atoms with Gasteiger partial charge in [-0.3, -0.25) is 0 Å². The van der Waals surface area contributed by atoms with Crippen molar-refractivity contribution in [2.45, 2.75) is 69.5 Å². The largest absolute Gasteiger partial charge is 0.369 e. The maximum absolute atomic E-state index is 6.17. The van der Waals surface area contributed by atoms with Crippen LogP contribution in [0.15, 0.2) is 22.5 Å². The number of hydrogen-bond donors (Lipinski definition) is 0. The molecule has 0 bridgehead atoms. The first-order valence-corrected chi connectivity index (χ1v) is 12.5. The molecule has 8 heteroatoms. The molecular formula is C20H26N4OS3. The Hall–Kier alpha value is -1.09. The molecule has 0 aromatic carbocycles. The lowest BCUT2D eigenvalue weighted by Gasteiger charge is -2.33. The topological polar surface area (TPSA) is 52.3 Å². The SMILES string of the molecule is C=C(C)CSc1nnc2c3c4c(sc3nc(SCCC)n12)CO[C@](C)(CC)C4. The van der Waals surface area contributed by atoms with Crippen LogP contribution >= 0.6 is 34.9 Å². The number of thioether (sulfide) groups is 2. The predicted molar refractivity (Wildman–Crippen MR) is 120 cm³/mol. The zero-order chi connectivity index (χ0) is 19.9. The predicted octanol–water partition coefficient (Wildman–Crippen LogP) is 5.75. The first-order valence-electron chi connectivity index (χ1n) is 9.69. The number of aromatic nitrogens is 4. The molecule has 0 spiro atoms. The Bertz CT molecular complexity index is 1040. The van der Waals surface area contributed by atoms with E-state index in [-0.39, 0.29) is 5.60 Å². The van der Waals surface area contributed by atoms with Crippen molar-refractivity contribution in [1.29, 1.82) is 0 Å². The van der Waals surface area contributed by atoms with E-state index in [0.717, 1.165) is 57.1 Å². The number of fused-ring (bicyclic) bond motifs is 5. The molecule has 0 amide bonds. The molecule has 0 N–H and O–H groups in total. The van der Waals surface area contributed by atoms with Gasteiger partial charge in [-0.1, -0.05) is 49.5 Å². The van der Waals surface area contributed by atoms with Gasteiger partial charge >= 0.3 is 0 Å². The average Bonchev–Trinajstić information content (AvgIpc) is 3.25. The molecule has 150 valence electrons. The summed E-state index contributed by atoms with van der Waals surface area (Å²) in [6.45, 7) is 13.3. The first-order chi connectivity index (χ1) is 13.5. The zero-order valence-electron chi connectivity index (χ0n) is 16.9. The molecule has 3 aromatic rings. The number of ether oxygens (including phenoxy) is 1. The molecule has 1 atom stereocenters. The third-order valence-electron chi connectivity index (χ3n) is 5.05. The number of thiophene rings is 1. The number of hydrogen-bond acceptors (Lipinski definition) is 7. The maximum Gasteiger partial charge on any atom is 0.198 e. The van der Waals surface area contributed by atoms with E-state index in [4.69, 9.17) is 9.72 Å². The van der Waals surface area contributed by atoms with Gasteiger partial charge in [0, 0.05) is 22.8 Å². The smallest absolute Gasteiger partial charge is 0.198 e. The van der Waals surface area contributed by atoms with E-state index < -0.39 is 0 Å². The molecule has 0 saturated heterocycles. The maximum atomic E-state index is 6.17. The summed E-state index contributed by atoms with van der Waals surface area (Å²) in [6.07, 6.45) is 2.99. The summed E-state index contributed by atoms with van der Waals surface area (Å²) in [5.41, 5.74) is 3.29. The quantitative estimate of drug-likeness (QED) is 0.268. The molecule has 3 aromatic heterocycles. The zero-order valence-corrected chi connectivity index (χ0v) is 19.3. The van der Waals surface area contributed by atoms with Crippen molar-refractivity contribution < 1.29 is 4.74 Å². The fraction of sp³-hybridized carbons (Fsp3) is 0.550. The Morgan fingerprint density at radius 2 is 2.11 bits per heavy atom. The fourth-order valence-corrected chi connectivity index (χ4v) is 6.15. The molecule has 5 nitrogen and oxygen atoms in total. The van der Waals surface area contributed by atoms with Gasteiger partial charge in [0.05, 0.1) is 17.6 Å². The Morgan fingerprint density at radius 1 is 1.29 bits per heavy atom. The lowest BCUT2D eigenvalue weighted by atomic mass is 9.90. The van der Waals surface area contributed by atoms with Gasteiger partial charge in [-0.25, -0.2) is 9.38 Å². The number of rotatable bonds is 7. The second-order valence-electron chi connectivity index (χ2n) is 7.58. The molecule has 1 aliphatic heterocycles. The van der Waals surface area contributed by atoms with Crippen molar-refractivity contribution in [1.82, 2.24) is 19.6 Å². The van der Waals surface area contributed by atoms with E-state index >= 15 is 0 Å². The van der Waals surface area contributed by atoms with Crippen molar-refractivity contribution >= 4 is 50.7 Å². The minimum Gasteiger partial charge on any atom is -0.369 e. The van der Waals surface area contributed by atoms with Crippen LogP contribution in [0.5, 0.6) is 0 Å². The van der Waals surface area contributed by atoms with E-state index in [9.17, 15) is 0 Å². The monoisotopic (exact) mass is 434 g/mol. The summed E-state index contributed by atoms with van der Waals surface area (Å²) in [5.74, 6) is 1.86. The van der Waals surface area contributed by atoms with Gasteiger partial charge in [0.2, 0.25) is 0 Å². The van der Waals surface area contributed by atoms with E-state index in [1.807, 2.05) is 6.92 Å². The van der Waals surface area contributed by atoms with Crippen molar-refractivity contribution in [2.24, 2.45) is 0 Å². The molecule has 0 unspecified atom stereocenters. The molecule has 28 heavy (non-hydrogen) atoms. The van der Waals surface area contributed by atoms with Crippen LogP contribution in [-0.2, 0) is 17.8 Å². The van der Waals surface area contributed by atoms with Crippen LogP contribution < -0.4 is 0 Å². The number of nitrogens with zero attached hydrogens (tertiary/aromatic N) is 4. The van der Waals surface area contributed by atoms with Crippen LogP contribution in [0.2, 0.25) is 0 Å². The van der Waals surface area contributed by atoms with Gasteiger partial charge in [0.25, 0.3) is 0 Å². The van der Waals surface area contributed by atoms with E-state index in [1.54, 1.807) is 34.9 Å². The third kappa shape index (κ3) is 3.60. The highest BCUT2D eigenvalue weighted by Crippen LogP contribution is 2.42. The van der Waals surface area contributed by atoms with Gasteiger partial charge in [0.1, 0.15) is 4.83 Å². The molecule has 0 fully saturated rings. The van der Waals surface area contributed by atoms with Gasteiger partial charge in [-0.15, -0.1) is 21.5 Å². The summed E-state index contributed by atoms with van der Waals surface area (Å²) < 4.78 is 8.32. The van der Waals surface area contributed by atoms with Crippen LogP contribution in [0.25, 0.3) is 15.9 Å². The van der Waals surface area contributed by atoms with E-state index in [0.29, 0.717) is 6.61 Å². The van der Waals surface area contributed by atoms with Crippen molar-refractivity contribution in [2.75, 3.05) is 11.5 Å². The van der Waals surface area contributed by atoms with Gasteiger partial charge in [-0.2, -0.15) is 0 Å². The standard InChI is InChI=1S/C20H26N4OS3/c1-6-8-26-18-21-17-15(13-9-20(5,7-2)25-10-14(13)28-17)16-22-23-19(24(16)18)27-11-12(3)4/h3,6-11H2,1-2,4-5H3/t20-/m1/s1. The minimum atomic E-state index is -0.120. The second kappa shape index (κ2) is 7.97. The minimum absolute atomic E-state index is 0.120. The van der Waals surface area contributed by atoms with E-state index in [2.05, 4.69) is 41.9 Å². The Morgan fingerprint density at radius 3 is 2.82 bits per heavy atom. The Balaban J connectivity index is 1.91. The fourth-order valence-electron chi connectivity index (χ4n) is 3.32. The Kier molecular flexibility index (Phi) is 5.75. The highest BCUT2D eigenvalue weighted by molar-refractivity contribution is 7.99. The van der Waals surface area contributed by atoms with Gasteiger partial charge in [0.15, 0.2) is 16.0 Å². The molecule has 0 saturated carbocycles. The summed E-state index contributed by atoms with van der Waals surface area (Å²) >= 11 is 5.21. The average molecular weight is 435 g/mol. The van der Waals surface area contributed by atoms with Crippen LogP contribution in [-0.4, -0.2) is 36.7 Å².